The number of carbonyl (C=O) groups is 3. The molecular formula is C23H24N2O3. The molecule has 144 valence electrons. The van der Waals surface area contributed by atoms with Gasteiger partial charge in [-0.1, -0.05) is 30.3 Å². The topological polar surface area (TPSA) is 75.3 Å². The van der Waals surface area contributed by atoms with E-state index in [1.807, 2.05) is 37.3 Å². The van der Waals surface area contributed by atoms with Gasteiger partial charge in [-0.05, 0) is 67.3 Å². The number of hydrogen-bond donors (Lipinski definition) is 2. The van der Waals surface area contributed by atoms with Crippen LogP contribution in [0.15, 0.2) is 42.5 Å². The first-order chi connectivity index (χ1) is 13.5. The van der Waals surface area contributed by atoms with Gasteiger partial charge in [0.05, 0.1) is 6.04 Å². The highest BCUT2D eigenvalue weighted by Crippen LogP contribution is 2.41. The fourth-order valence-electron chi connectivity index (χ4n) is 3.92. The van der Waals surface area contributed by atoms with E-state index in [1.165, 1.54) is 0 Å². The number of aryl methyl sites for hydroxylation is 2. The summed E-state index contributed by atoms with van der Waals surface area (Å²) in [6, 6.07) is 13.1. The van der Waals surface area contributed by atoms with E-state index in [-0.39, 0.29) is 11.8 Å². The molecule has 2 aliphatic rings. The molecule has 2 aromatic rings. The Morgan fingerprint density at radius 1 is 1.04 bits per heavy atom. The third-order valence-electron chi connectivity index (χ3n) is 5.63. The van der Waals surface area contributed by atoms with Gasteiger partial charge in [0.1, 0.15) is 0 Å². The molecule has 0 bridgehead atoms. The minimum Gasteiger partial charge on any atom is -0.341 e. The number of carbonyl (C=O) groups excluding carboxylic acids is 3. The molecule has 1 saturated carbocycles. The van der Waals surface area contributed by atoms with Crippen molar-refractivity contribution in [2.24, 2.45) is 5.92 Å². The van der Waals surface area contributed by atoms with Crippen molar-refractivity contribution in [3.63, 3.8) is 0 Å². The number of benzene rings is 2. The molecule has 0 heterocycles. The van der Waals surface area contributed by atoms with E-state index in [1.54, 1.807) is 12.1 Å². The monoisotopic (exact) mass is 376 g/mol. The molecule has 4 rings (SSSR count). The highest BCUT2D eigenvalue weighted by molar-refractivity contribution is 6.39. The number of Topliss-reactive ketones (excluding diaryl/α,β-unsaturated/α-hetero) is 1. The van der Waals surface area contributed by atoms with E-state index in [0.29, 0.717) is 23.6 Å². The van der Waals surface area contributed by atoms with E-state index in [9.17, 15) is 14.4 Å². The van der Waals surface area contributed by atoms with Crippen LogP contribution in [-0.2, 0) is 16.0 Å². The predicted molar refractivity (Wildman–Crippen MR) is 107 cm³/mol. The third-order valence-corrected chi connectivity index (χ3v) is 5.63. The van der Waals surface area contributed by atoms with Gasteiger partial charge >= 0.3 is 11.8 Å². The molecule has 0 aliphatic heterocycles. The molecule has 2 amide bonds. The summed E-state index contributed by atoms with van der Waals surface area (Å²) >= 11 is 0. The van der Waals surface area contributed by atoms with E-state index in [2.05, 4.69) is 10.6 Å². The Kier molecular flexibility index (Phi) is 4.99. The van der Waals surface area contributed by atoms with Crippen LogP contribution in [0.25, 0.3) is 0 Å². The average Bonchev–Trinajstić information content (AvgIpc) is 3.52. The van der Waals surface area contributed by atoms with Crippen LogP contribution in [-0.4, -0.2) is 17.6 Å². The Morgan fingerprint density at radius 2 is 1.82 bits per heavy atom. The molecule has 0 saturated heterocycles. The lowest BCUT2D eigenvalue weighted by Gasteiger charge is -2.20. The molecule has 0 spiro atoms. The summed E-state index contributed by atoms with van der Waals surface area (Å²) in [5.41, 5.74) is 4.30. The van der Waals surface area contributed by atoms with Crippen molar-refractivity contribution in [1.82, 2.24) is 5.32 Å². The van der Waals surface area contributed by atoms with Gasteiger partial charge in [-0.15, -0.1) is 0 Å². The van der Waals surface area contributed by atoms with Crippen LogP contribution in [0.1, 0.15) is 58.8 Å². The zero-order chi connectivity index (χ0) is 19.7. The van der Waals surface area contributed by atoms with Gasteiger partial charge in [-0.25, -0.2) is 0 Å². The molecule has 28 heavy (non-hydrogen) atoms. The highest BCUT2D eigenvalue weighted by atomic mass is 16.2. The molecule has 5 heteroatoms. The Balaban J connectivity index is 1.46. The van der Waals surface area contributed by atoms with Gasteiger partial charge in [0.25, 0.3) is 0 Å². The van der Waals surface area contributed by atoms with Gasteiger partial charge in [-0.2, -0.15) is 0 Å². The molecule has 0 unspecified atom stereocenters. The van der Waals surface area contributed by atoms with Crippen LogP contribution >= 0.6 is 0 Å². The van der Waals surface area contributed by atoms with E-state index < -0.39 is 11.8 Å². The van der Waals surface area contributed by atoms with Crippen molar-refractivity contribution in [1.29, 1.82) is 0 Å². The molecule has 0 radical (unpaired) electrons. The van der Waals surface area contributed by atoms with Crippen LogP contribution in [0, 0.1) is 12.8 Å². The Hall–Kier alpha value is -2.95. The maximum atomic E-state index is 12.5. The zero-order valence-corrected chi connectivity index (χ0v) is 16.0. The number of rotatable bonds is 4. The lowest BCUT2D eigenvalue weighted by molar-refractivity contribution is -0.136. The quantitative estimate of drug-likeness (QED) is 0.799. The summed E-state index contributed by atoms with van der Waals surface area (Å²) < 4.78 is 0. The Bertz CT molecular complexity index is 947. The molecule has 0 aromatic heterocycles. The van der Waals surface area contributed by atoms with Gasteiger partial charge in [0.2, 0.25) is 0 Å². The average molecular weight is 376 g/mol. The molecule has 2 N–H and O–H groups in total. The first-order valence-electron chi connectivity index (χ1n) is 9.86. The maximum Gasteiger partial charge on any atom is 0.313 e. The smallest absolute Gasteiger partial charge is 0.313 e. The summed E-state index contributed by atoms with van der Waals surface area (Å²) in [4.78, 5) is 37.1. The van der Waals surface area contributed by atoms with Crippen LogP contribution in [0.2, 0.25) is 0 Å². The van der Waals surface area contributed by atoms with E-state index >= 15 is 0 Å². The molecule has 5 nitrogen and oxygen atoms in total. The van der Waals surface area contributed by atoms with Gasteiger partial charge in [-0.3, -0.25) is 14.4 Å². The minimum absolute atomic E-state index is 0.0927. The number of nitrogens with one attached hydrogen (secondary N) is 2. The second kappa shape index (κ2) is 7.58. The first-order valence-corrected chi connectivity index (χ1v) is 9.86. The van der Waals surface area contributed by atoms with Crippen molar-refractivity contribution in [2.75, 3.05) is 5.32 Å². The van der Waals surface area contributed by atoms with Crippen molar-refractivity contribution in [2.45, 2.75) is 45.1 Å². The van der Waals surface area contributed by atoms with Gasteiger partial charge in [0, 0.05) is 17.7 Å². The van der Waals surface area contributed by atoms with E-state index in [0.717, 1.165) is 42.4 Å². The van der Waals surface area contributed by atoms with Crippen molar-refractivity contribution in [3.8, 4) is 0 Å². The molecule has 1 atom stereocenters. The number of amides is 2. The largest absolute Gasteiger partial charge is 0.341 e. The molecular weight excluding hydrogens is 352 g/mol. The summed E-state index contributed by atoms with van der Waals surface area (Å²) in [5, 5.41) is 5.55. The summed E-state index contributed by atoms with van der Waals surface area (Å²) in [6.07, 6.45) is 4.36. The molecule has 2 aliphatic carbocycles. The number of anilines is 1. The Morgan fingerprint density at radius 3 is 2.57 bits per heavy atom. The maximum absolute atomic E-state index is 12.5. The normalized spacial score (nSPS) is 16.8. The van der Waals surface area contributed by atoms with Crippen LogP contribution in [0.3, 0.4) is 0 Å². The van der Waals surface area contributed by atoms with Crippen molar-refractivity contribution < 1.29 is 14.4 Å². The third kappa shape index (κ3) is 3.84. The van der Waals surface area contributed by atoms with Crippen LogP contribution in [0.4, 0.5) is 5.69 Å². The minimum atomic E-state index is -0.706. The Labute approximate surface area is 164 Å². The van der Waals surface area contributed by atoms with Gasteiger partial charge < -0.3 is 10.6 Å². The fraction of sp³-hybridized carbons (Fsp3) is 0.348. The second-order valence-corrected chi connectivity index (χ2v) is 7.75. The zero-order valence-electron chi connectivity index (χ0n) is 16.0. The van der Waals surface area contributed by atoms with Crippen molar-refractivity contribution in [3.05, 3.63) is 64.7 Å². The highest BCUT2D eigenvalue weighted by Gasteiger charge is 2.35. The number of fused-ring (bicyclic) bond motifs is 1. The predicted octanol–water partition coefficient (Wildman–Crippen LogP) is 3.72. The van der Waals surface area contributed by atoms with E-state index in [4.69, 9.17) is 0 Å². The molecule has 2 aromatic carbocycles. The SMILES string of the molecule is Cc1ccccc1[C@H](NC(=O)C(=O)Nc1ccc2c(c1)C(=O)CCC2)C1CC1. The first kappa shape index (κ1) is 18.4. The summed E-state index contributed by atoms with van der Waals surface area (Å²) in [7, 11) is 0. The standard InChI is InChI=1S/C23H24N2O3/c1-14-5-2-3-7-18(14)21(16-9-10-16)25-23(28)22(27)24-17-12-11-15-6-4-8-20(26)19(15)13-17/h2-3,5,7,11-13,16,21H,4,6,8-10H2,1H3,(H,24,27)(H,25,28)/t21-/m1/s1. The summed E-state index contributed by atoms with van der Waals surface area (Å²) in [6.45, 7) is 2.01. The lowest BCUT2D eigenvalue weighted by Crippen LogP contribution is -2.38. The summed E-state index contributed by atoms with van der Waals surface area (Å²) in [5.74, 6) is -0.888. The molecule has 1 fully saturated rings. The number of ketones is 1. The second-order valence-electron chi connectivity index (χ2n) is 7.75. The van der Waals surface area contributed by atoms with Gasteiger partial charge in [0.15, 0.2) is 5.78 Å². The number of hydrogen-bond acceptors (Lipinski definition) is 3. The van der Waals surface area contributed by atoms with Crippen LogP contribution in [0.5, 0.6) is 0 Å². The van der Waals surface area contributed by atoms with Crippen molar-refractivity contribution >= 4 is 23.3 Å². The lowest BCUT2D eigenvalue weighted by atomic mass is 9.90. The van der Waals surface area contributed by atoms with Crippen LogP contribution < -0.4 is 10.6 Å². The fourth-order valence-corrected chi connectivity index (χ4v) is 3.92.